The first kappa shape index (κ1) is 53.3. The smallest absolute Gasteiger partial charge is 0.324 e. The quantitative estimate of drug-likeness (QED) is 0.144. The third-order valence-corrected chi connectivity index (χ3v) is 16.0. The number of thiazole rings is 1. The molecule has 8 heterocycles. The molecule has 22 heteroatoms. The first-order valence-corrected chi connectivity index (χ1v) is 26.8. The molecule has 2 N–H and O–H groups in total. The molecule has 4 amide bonds. The molecule has 3 aromatic heterocycles. The molecule has 3 saturated heterocycles. The normalized spacial score (nSPS) is 22.3. The summed E-state index contributed by atoms with van der Waals surface area (Å²) in [6.07, 6.45) is 2.01. The molecule has 5 aliphatic heterocycles. The Morgan fingerprint density at radius 2 is 1.77 bits per heavy atom. The highest BCUT2D eigenvalue weighted by Gasteiger charge is 2.48. The van der Waals surface area contributed by atoms with E-state index in [9.17, 15) is 28.4 Å². The summed E-state index contributed by atoms with van der Waals surface area (Å²) in [6, 6.07) is 2.95. The van der Waals surface area contributed by atoms with Gasteiger partial charge in [-0.05, 0) is 55.9 Å². The van der Waals surface area contributed by atoms with Gasteiger partial charge >= 0.3 is 5.97 Å². The molecule has 0 aliphatic carbocycles. The van der Waals surface area contributed by atoms with Crippen LogP contribution in [0.3, 0.4) is 0 Å². The van der Waals surface area contributed by atoms with Crippen molar-refractivity contribution in [1.82, 2.24) is 40.1 Å². The second kappa shape index (κ2) is 21.6. The molecular weight excluding hydrogens is 1000 g/mol. The van der Waals surface area contributed by atoms with E-state index >= 15 is 4.39 Å². The van der Waals surface area contributed by atoms with Crippen LogP contribution in [0.4, 0.5) is 14.5 Å². The van der Waals surface area contributed by atoms with Gasteiger partial charge in [0.05, 0.1) is 72.0 Å². The van der Waals surface area contributed by atoms with Gasteiger partial charge in [0, 0.05) is 93.5 Å². The molecule has 0 spiro atoms. The summed E-state index contributed by atoms with van der Waals surface area (Å²) >= 11 is 6.67. The van der Waals surface area contributed by atoms with Crippen molar-refractivity contribution in [3.05, 3.63) is 46.0 Å². The summed E-state index contributed by atoms with van der Waals surface area (Å²) in [5.74, 6) is -3.62. The van der Waals surface area contributed by atoms with Gasteiger partial charge < -0.3 is 43.5 Å². The first-order chi connectivity index (χ1) is 35.3. The lowest BCUT2D eigenvalue weighted by Gasteiger charge is -2.40. The molecule has 74 heavy (non-hydrogen) atoms. The number of nitrogens with one attached hydrogen (secondary N) is 2. The summed E-state index contributed by atoms with van der Waals surface area (Å²) in [4.78, 5) is 84.1. The highest BCUT2D eigenvalue weighted by atomic mass is 35.5. The van der Waals surface area contributed by atoms with Crippen molar-refractivity contribution < 1.29 is 51.7 Å². The fourth-order valence-corrected chi connectivity index (χ4v) is 12.0. The van der Waals surface area contributed by atoms with Crippen molar-refractivity contribution in [2.24, 2.45) is 11.3 Å². The fraction of sp³-hybridized carbons (Fsp3) is 0.596. The van der Waals surface area contributed by atoms with Crippen molar-refractivity contribution in [2.75, 3.05) is 78.2 Å². The molecule has 0 saturated carbocycles. The van der Waals surface area contributed by atoms with Gasteiger partial charge in [0.2, 0.25) is 5.91 Å². The van der Waals surface area contributed by atoms with Crippen LogP contribution >= 0.6 is 22.9 Å². The number of pyridine rings is 1. The van der Waals surface area contributed by atoms with Gasteiger partial charge in [-0.15, -0.1) is 11.3 Å². The Hall–Kier alpha value is -5.48. The monoisotopic (exact) mass is 1070 g/mol. The third kappa shape index (κ3) is 10.7. The van der Waals surface area contributed by atoms with Crippen molar-refractivity contribution in [3.63, 3.8) is 0 Å². The zero-order valence-electron chi connectivity index (χ0n) is 43.0. The maximum atomic E-state index is 16.5. The van der Waals surface area contributed by atoms with Crippen molar-refractivity contribution >= 4 is 69.1 Å². The van der Waals surface area contributed by atoms with E-state index in [2.05, 4.69) is 46.2 Å². The van der Waals surface area contributed by atoms with Crippen LogP contribution in [0.15, 0.2) is 29.8 Å². The van der Waals surface area contributed by atoms with Gasteiger partial charge in [0.15, 0.2) is 5.67 Å². The lowest BCUT2D eigenvalue weighted by Crippen LogP contribution is -2.63. The van der Waals surface area contributed by atoms with E-state index in [4.69, 9.17) is 40.5 Å². The van der Waals surface area contributed by atoms with Crippen LogP contribution in [0.25, 0.3) is 33.4 Å². The van der Waals surface area contributed by atoms with Crippen LogP contribution in [-0.4, -0.2) is 162 Å². The van der Waals surface area contributed by atoms with E-state index in [-0.39, 0.29) is 38.8 Å². The van der Waals surface area contributed by atoms with Crippen LogP contribution in [0, 0.1) is 11.3 Å². The number of methoxy groups -OCH3 is 1. The average Bonchev–Trinajstić information content (AvgIpc) is 3.99. The molecule has 0 unspecified atom stereocenters. The topological polar surface area (TPSA) is 190 Å². The molecule has 0 radical (unpaired) electrons. The molecule has 5 aliphatic rings. The van der Waals surface area contributed by atoms with Gasteiger partial charge in [-0.3, -0.25) is 34.0 Å². The van der Waals surface area contributed by atoms with Crippen molar-refractivity contribution in [3.8, 4) is 28.3 Å². The van der Waals surface area contributed by atoms with E-state index in [1.165, 1.54) is 23.4 Å². The third-order valence-electron chi connectivity index (χ3n) is 15.0. The molecule has 6 bridgehead atoms. The number of likely N-dealkylation sites (tertiary alicyclic amines) is 1. The van der Waals surface area contributed by atoms with Crippen LogP contribution in [0.5, 0.6) is 5.75 Å². The van der Waals surface area contributed by atoms with Crippen LogP contribution in [0.2, 0.25) is 0 Å². The lowest BCUT2D eigenvalue weighted by molar-refractivity contribution is -0.156. The summed E-state index contributed by atoms with van der Waals surface area (Å²) in [6.45, 7) is 13.0. The molecule has 9 rings (SSSR count). The molecular formula is C52H66ClF2N9O9S. The molecule has 400 valence electrons. The number of hydrazine groups is 1. The van der Waals surface area contributed by atoms with E-state index < -0.39 is 83.2 Å². The molecule has 3 fully saturated rings. The number of morpholine rings is 1. The van der Waals surface area contributed by atoms with Crippen molar-refractivity contribution in [1.29, 1.82) is 0 Å². The number of halogens is 3. The highest BCUT2D eigenvalue weighted by molar-refractivity contribution is 7.10. The Labute approximate surface area is 438 Å². The van der Waals surface area contributed by atoms with Crippen molar-refractivity contribution in [2.45, 2.75) is 115 Å². The predicted octanol–water partition coefficient (Wildman–Crippen LogP) is 5.76. The molecule has 1 aromatic carbocycles. The van der Waals surface area contributed by atoms with Crippen LogP contribution < -0.4 is 20.4 Å². The number of aromatic nitrogens is 3. The number of rotatable bonds is 10. The number of carbonyl (C=O) groups excluding carboxylic acids is 5. The van der Waals surface area contributed by atoms with E-state index in [1.54, 1.807) is 21.0 Å². The average molecular weight is 1070 g/mol. The number of nitrogens with zero attached hydrogens (tertiary/aromatic N) is 7. The summed E-state index contributed by atoms with van der Waals surface area (Å²) in [5.41, 5.74) is 4.75. The number of likely N-dealkylation sites (N-methyl/N-ethyl adjacent to an activating group) is 1. The SMILES string of the molecule is CO[C@@H](C)c1ncc(N2CCOCC2)cc1-c1c2c3cc(cc4c3n1CCO4)-c1csc(n1)C[C@H](NC(=O)[C@H](C(C)C)N(C)C(=O)C1(F)CCN(C(=O)[C@H](F)Cl)CC1)C(=O)N1CCC[C@H](N1)C(=O)OCC(C)(C)C2. The number of hydrogen-bond donors (Lipinski definition) is 2. The zero-order chi connectivity index (χ0) is 52.8. The maximum Gasteiger partial charge on any atom is 0.324 e. The Kier molecular flexibility index (Phi) is 15.6. The lowest BCUT2D eigenvalue weighted by atomic mass is 9.84. The number of benzene rings is 1. The van der Waals surface area contributed by atoms with Gasteiger partial charge in [0.1, 0.15) is 30.5 Å². The van der Waals surface area contributed by atoms with E-state index in [0.717, 1.165) is 67.6 Å². The Morgan fingerprint density at radius 1 is 1.03 bits per heavy atom. The van der Waals surface area contributed by atoms with Gasteiger partial charge in [-0.2, -0.15) is 0 Å². The summed E-state index contributed by atoms with van der Waals surface area (Å²) in [7, 11) is 3.01. The number of fused-ring (bicyclic) bond motifs is 6. The number of esters is 1. The number of anilines is 1. The number of amides is 4. The van der Waals surface area contributed by atoms with Gasteiger partial charge in [-0.1, -0.05) is 39.3 Å². The second-order valence-electron chi connectivity index (χ2n) is 21.2. The number of carbonyl (C=O) groups is 5. The Morgan fingerprint density at radius 3 is 2.47 bits per heavy atom. The highest BCUT2D eigenvalue weighted by Crippen LogP contribution is 2.47. The van der Waals surface area contributed by atoms with Crippen LogP contribution in [-0.2, 0) is 57.6 Å². The minimum atomic E-state index is -2.45. The Balaban J connectivity index is 1.10. The summed E-state index contributed by atoms with van der Waals surface area (Å²) < 4.78 is 56.7. The zero-order valence-corrected chi connectivity index (χ0v) is 44.6. The predicted molar refractivity (Wildman–Crippen MR) is 274 cm³/mol. The fourth-order valence-electron chi connectivity index (χ4n) is 11.0. The minimum absolute atomic E-state index is 0.0551. The Bertz CT molecular complexity index is 2790. The standard InChI is InChI=1S/C52H66ClF2N9O9S/c1-29(2)42(60(6)50(69)52(55)10-13-62(14-11-52)48(67)45(53)54)46(65)58-37-24-40-57-38(27-74-40)31-21-33-35(25-51(4,5)28-73-49(68)36-9-8-12-64(59-36)47(37)66)43(63-17-20-72-39(22-31)44(33)63)34-23-32(61-15-18-71-19-16-61)26-56-41(34)30(3)70-7/h21-23,26-27,29-30,36-37,42,45,59H,8-20,24-25,28H2,1-7H3,(H,58,65)/t30-,36-,37-,42-,45-/m0/s1. The van der Waals surface area contributed by atoms with Crippen LogP contribution in [0.1, 0.15) is 82.7 Å². The first-order valence-electron chi connectivity index (χ1n) is 25.5. The minimum Gasteiger partial charge on any atom is -0.489 e. The number of ether oxygens (including phenoxy) is 4. The van der Waals surface area contributed by atoms with Gasteiger partial charge in [0.25, 0.3) is 23.4 Å². The summed E-state index contributed by atoms with van der Waals surface area (Å²) in [5, 5.41) is 7.61. The number of hydrogen-bond acceptors (Lipinski definition) is 14. The number of cyclic esters (lactones) is 1. The second-order valence-corrected chi connectivity index (χ2v) is 22.5. The maximum absolute atomic E-state index is 16.5. The molecule has 18 nitrogen and oxygen atoms in total. The largest absolute Gasteiger partial charge is 0.489 e. The molecule has 4 aromatic rings. The number of alkyl halides is 3. The molecule has 5 atom stereocenters. The number of piperidine rings is 1. The van der Waals surface area contributed by atoms with E-state index in [1.807, 2.05) is 24.6 Å². The van der Waals surface area contributed by atoms with Gasteiger partial charge in [-0.25, -0.2) is 19.2 Å². The van der Waals surface area contributed by atoms with E-state index in [0.29, 0.717) is 62.1 Å².